The molecule has 52 valence electrons. The summed E-state index contributed by atoms with van der Waals surface area (Å²) in [5.74, 6) is 0. The third-order valence-corrected chi connectivity index (χ3v) is 1.67. The lowest BCUT2D eigenvalue weighted by molar-refractivity contribution is 0.108. The average molecular weight is 152 g/mol. The maximum atomic E-state index is 10.7. The van der Waals surface area contributed by atoms with E-state index in [0.29, 0.717) is 0 Å². The molecule has 0 saturated carbocycles. The minimum absolute atomic E-state index is 0.0417. The summed E-state index contributed by atoms with van der Waals surface area (Å²) >= 11 is 0. The molecule has 1 nitrogen and oxygen atoms in total. The first kappa shape index (κ1) is 7.43. The topological polar surface area (TPSA) is 17.1 Å². The highest BCUT2D eigenvalue weighted by molar-refractivity contribution is 7.41. The summed E-state index contributed by atoms with van der Waals surface area (Å²) in [5, 5.41) is 0. The minimum Gasteiger partial charge on any atom is -0.290 e. The zero-order valence-electron chi connectivity index (χ0n) is 5.79. The van der Waals surface area contributed by atoms with E-state index in [1.165, 1.54) is 5.56 Å². The number of hydrogen-bond acceptors (Lipinski definition) is 1. The van der Waals surface area contributed by atoms with Gasteiger partial charge in [-0.1, -0.05) is 39.1 Å². The summed E-state index contributed by atoms with van der Waals surface area (Å²) in [6.45, 7) is 2.00. The smallest absolute Gasteiger partial charge is 0.178 e. The molecular formula is C8H9OP. The van der Waals surface area contributed by atoms with Crippen LogP contribution in [0.4, 0.5) is 0 Å². The minimum atomic E-state index is 0.0417. The third-order valence-electron chi connectivity index (χ3n) is 1.34. The van der Waals surface area contributed by atoms with Crippen LogP contribution in [0.25, 0.3) is 0 Å². The zero-order chi connectivity index (χ0) is 7.56. The van der Waals surface area contributed by atoms with Crippen LogP contribution in [0.1, 0.15) is 15.9 Å². The maximum Gasteiger partial charge on any atom is 0.178 e. The van der Waals surface area contributed by atoms with Crippen molar-refractivity contribution in [2.24, 2.45) is 0 Å². The first-order chi connectivity index (χ1) is 4.70. The lowest BCUT2D eigenvalue weighted by Gasteiger charge is -1.93. The molecule has 0 aromatic heterocycles. The first-order valence-corrected chi connectivity index (χ1v) is 3.64. The molecular weight excluding hydrogens is 143 g/mol. The molecule has 0 N–H and O–H groups in total. The number of carbonyl (C=O) groups excluding carboxylic acids is 1. The van der Waals surface area contributed by atoms with Crippen LogP contribution in [-0.4, -0.2) is 5.52 Å². The maximum absolute atomic E-state index is 10.7. The molecule has 2 heteroatoms. The average Bonchev–Trinajstić information content (AvgIpc) is 1.88. The second-order valence-corrected chi connectivity index (χ2v) is 2.75. The molecule has 1 aromatic rings. The molecule has 10 heavy (non-hydrogen) atoms. The van der Waals surface area contributed by atoms with Crippen LogP contribution in [-0.2, 0) is 0 Å². The molecule has 0 spiro atoms. The Morgan fingerprint density at radius 1 is 1.30 bits per heavy atom. The number of benzene rings is 1. The molecule has 0 bridgehead atoms. The Labute approximate surface area is 62.7 Å². The van der Waals surface area contributed by atoms with Crippen molar-refractivity contribution in [3.05, 3.63) is 35.4 Å². The standard InChI is InChI=1S/C8H9OP/c1-6-2-4-7(5-3-6)8(9)10/h2-5H,10H2,1H3. The molecule has 1 rings (SSSR count). The Bertz CT molecular complexity index is 238. The van der Waals surface area contributed by atoms with E-state index in [1.54, 1.807) is 0 Å². The lowest BCUT2D eigenvalue weighted by atomic mass is 10.2. The Morgan fingerprint density at radius 2 is 1.80 bits per heavy atom. The fourth-order valence-corrected chi connectivity index (χ4v) is 0.910. The Hall–Kier alpha value is -0.680. The van der Waals surface area contributed by atoms with Gasteiger partial charge in [0, 0.05) is 5.56 Å². The summed E-state index contributed by atoms with van der Waals surface area (Å²) in [5.41, 5.74) is 1.96. The van der Waals surface area contributed by atoms with Crippen LogP contribution in [0.2, 0.25) is 0 Å². The molecule has 1 atom stereocenters. The predicted octanol–water partition coefficient (Wildman–Crippen LogP) is 2.01. The van der Waals surface area contributed by atoms with Crippen molar-refractivity contribution < 1.29 is 4.79 Å². The largest absolute Gasteiger partial charge is 0.290 e. The van der Waals surface area contributed by atoms with Crippen LogP contribution in [0.15, 0.2) is 24.3 Å². The van der Waals surface area contributed by atoms with Crippen molar-refractivity contribution in [2.45, 2.75) is 6.92 Å². The predicted molar refractivity (Wildman–Crippen MR) is 45.2 cm³/mol. The SMILES string of the molecule is Cc1ccc(C(=O)P)cc1. The summed E-state index contributed by atoms with van der Waals surface area (Å²) in [7, 11) is 2.15. The highest BCUT2D eigenvalue weighted by atomic mass is 31.0. The van der Waals surface area contributed by atoms with Gasteiger partial charge in [-0.3, -0.25) is 4.79 Å². The molecule has 0 heterocycles. The molecule has 0 saturated heterocycles. The van der Waals surface area contributed by atoms with Gasteiger partial charge < -0.3 is 0 Å². The molecule has 0 amide bonds. The van der Waals surface area contributed by atoms with Crippen LogP contribution in [0.3, 0.4) is 0 Å². The van der Waals surface area contributed by atoms with Gasteiger partial charge in [-0.05, 0) is 6.92 Å². The van der Waals surface area contributed by atoms with Gasteiger partial charge in [0.1, 0.15) is 0 Å². The van der Waals surface area contributed by atoms with Crippen molar-refractivity contribution in [3.8, 4) is 0 Å². The molecule has 0 aliphatic carbocycles. The Balaban J connectivity index is 3.00. The highest BCUT2D eigenvalue weighted by Crippen LogP contribution is 2.06. The van der Waals surface area contributed by atoms with Crippen LogP contribution in [0.5, 0.6) is 0 Å². The number of carbonyl (C=O) groups is 1. The Morgan fingerprint density at radius 3 is 2.20 bits per heavy atom. The first-order valence-electron chi connectivity index (χ1n) is 3.06. The van der Waals surface area contributed by atoms with Gasteiger partial charge in [0.15, 0.2) is 5.52 Å². The summed E-state index contributed by atoms with van der Waals surface area (Å²) in [6.07, 6.45) is 0. The van der Waals surface area contributed by atoms with Crippen molar-refractivity contribution >= 4 is 14.8 Å². The van der Waals surface area contributed by atoms with E-state index in [-0.39, 0.29) is 5.52 Å². The van der Waals surface area contributed by atoms with E-state index in [2.05, 4.69) is 9.24 Å². The van der Waals surface area contributed by atoms with E-state index < -0.39 is 0 Å². The molecule has 0 fully saturated rings. The quantitative estimate of drug-likeness (QED) is 0.562. The van der Waals surface area contributed by atoms with Crippen molar-refractivity contribution in [3.63, 3.8) is 0 Å². The van der Waals surface area contributed by atoms with Crippen molar-refractivity contribution in [1.29, 1.82) is 0 Å². The van der Waals surface area contributed by atoms with Crippen molar-refractivity contribution in [2.75, 3.05) is 0 Å². The molecule has 1 unspecified atom stereocenters. The van der Waals surface area contributed by atoms with Gasteiger partial charge in [-0.2, -0.15) is 0 Å². The summed E-state index contributed by atoms with van der Waals surface area (Å²) in [6, 6.07) is 7.50. The fraction of sp³-hybridized carbons (Fsp3) is 0.125. The molecule has 0 aliphatic heterocycles. The van der Waals surface area contributed by atoms with E-state index in [4.69, 9.17) is 0 Å². The Kier molecular flexibility index (Phi) is 2.18. The molecule has 0 radical (unpaired) electrons. The van der Waals surface area contributed by atoms with Crippen LogP contribution in [0, 0.1) is 6.92 Å². The number of hydrogen-bond donors (Lipinski definition) is 0. The van der Waals surface area contributed by atoms with E-state index in [9.17, 15) is 4.79 Å². The van der Waals surface area contributed by atoms with Crippen molar-refractivity contribution in [1.82, 2.24) is 0 Å². The van der Waals surface area contributed by atoms with E-state index in [0.717, 1.165) is 5.56 Å². The van der Waals surface area contributed by atoms with Gasteiger partial charge in [0.05, 0.1) is 0 Å². The fourth-order valence-electron chi connectivity index (χ4n) is 0.718. The van der Waals surface area contributed by atoms with Gasteiger partial charge in [-0.15, -0.1) is 0 Å². The van der Waals surface area contributed by atoms with Gasteiger partial charge >= 0.3 is 0 Å². The van der Waals surface area contributed by atoms with E-state index >= 15 is 0 Å². The highest BCUT2D eigenvalue weighted by Gasteiger charge is 1.95. The van der Waals surface area contributed by atoms with Crippen LogP contribution < -0.4 is 0 Å². The summed E-state index contributed by atoms with van der Waals surface area (Å²) < 4.78 is 0. The lowest BCUT2D eigenvalue weighted by Crippen LogP contribution is -1.85. The normalized spacial score (nSPS) is 9.40. The summed E-state index contributed by atoms with van der Waals surface area (Å²) in [4.78, 5) is 10.7. The monoisotopic (exact) mass is 152 g/mol. The second-order valence-electron chi connectivity index (χ2n) is 2.23. The van der Waals surface area contributed by atoms with Gasteiger partial charge in [0.25, 0.3) is 0 Å². The van der Waals surface area contributed by atoms with E-state index in [1.807, 2.05) is 31.2 Å². The number of aryl methyl sites for hydroxylation is 1. The second kappa shape index (κ2) is 2.94. The van der Waals surface area contributed by atoms with Gasteiger partial charge in [-0.25, -0.2) is 0 Å². The number of rotatable bonds is 1. The molecule has 1 aromatic carbocycles. The van der Waals surface area contributed by atoms with Crippen LogP contribution >= 0.6 is 9.24 Å². The zero-order valence-corrected chi connectivity index (χ0v) is 6.95. The molecule has 0 aliphatic rings. The van der Waals surface area contributed by atoms with Gasteiger partial charge in [0.2, 0.25) is 0 Å². The third kappa shape index (κ3) is 1.65.